The number of hydrogen-bond acceptors (Lipinski definition) is 5. The second-order valence-corrected chi connectivity index (χ2v) is 5.39. The maximum atomic E-state index is 12.3. The summed E-state index contributed by atoms with van der Waals surface area (Å²) in [5.41, 5.74) is -0.179. The number of hydrogen-bond donors (Lipinski definition) is 1. The van der Waals surface area contributed by atoms with Crippen molar-refractivity contribution in [3.63, 3.8) is 0 Å². The lowest BCUT2D eigenvalue weighted by atomic mass is 10.2. The average molecular weight is 332 g/mol. The number of rotatable bonds is 7. The molecule has 1 N–H and O–H groups in total. The van der Waals surface area contributed by atoms with Crippen molar-refractivity contribution in [1.29, 1.82) is 0 Å². The SMILES string of the molecule is CC[C@H](C)n1nccc1NC(=O)[C@H](C)Oc1ccccc1[N+](=O)[O-]. The molecule has 8 nitrogen and oxygen atoms in total. The van der Waals surface area contributed by atoms with Crippen LogP contribution in [0.5, 0.6) is 5.75 Å². The van der Waals surface area contributed by atoms with Gasteiger partial charge in [0.05, 0.1) is 17.2 Å². The van der Waals surface area contributed by atoms with E-state index in [0.29, 0.717) is 5.82 Å². The fourth-order valence-electron chi connectivity index (χ4n) is 2.12. The number of nitro groups is 1. The van der Waals surface area contributed by atoms with Gasteiger partial charge in [0.2, 0.25) is 0 Å². The van der Waals surface area contributed by atoms with Gasteiger partial charge in [-0.1, -0.05) is 19.1 Å². The second kappa shape index (κ2) is 7.58. The van der Waals surface area contributed by atoms with Crippen molar-refractivity contribution < 1.29 is 14.5 Å². The van der Waals surface area contributed by atoms with E-state index in [-0.39, 0.29) is 17.5 Å². The number of nitro benzene ring substituents is 1. The lowest BCUT2D eigenvalue weighted by Crippen LogP contribution is -2.31. The molecular formula is C16H20N4O4. The number of amides is 1. The molecule has 0 bridgehead atoms. The van der Waals surface area contributed by atoms with Gasteiger partial charge in [-0.05, 0) is 26.3 Å². The van der Waals surface area contributed by atoms with Gasteiger partial charge in [-0.15, -0.1) is 0 Å². The summed E-state index contributed by atoms with van der Waals surface area (Å²) < 4.78 is 7.18. The maximum Gasteiger partial charge on any atom is 0.310 e. The molecule has 128 valence electrons. The Morgan fingerprint density at radius 2 is 2.08 bits per heavy atom. The fourth-order valence-corrected chi connectivity index (χ4v) is 2.12. The third-order valence-electron chi connectivity index (χ3n) is 3.66. The van der Waals surface area contributed by atoms with E-state index in [2.05, 4.69) is 10.4 Å². The lowest BCUT2D eigenvalue weighted by molar-refractivity contribution is -0.386. The molecule has 0 saturated carbocycles. The van der Waals surface area contributed by atoms with Crippen molar-refractivity contribution >= 4 is 17.4 Å². The molecule has 0 aliphatic rings. The van der Waals surface area contributed by atoms with Crippen molar-refractivity contribution in [3.05, 3.63) is 46.6 Å². The van der Waals surface area contributed by atoms with Gasteiger partial charge in [0.1, 0.15) is 5.82 Å². The Balaban J connectivity index is 2.09. The number of carbonyl (C=O) groups excluding carboxylic acids is 1. The molecule has 2 atom stereocenters. The Bertz CT molecular complexity index is 728. The van der Waals surface area contributed by atoms with Gasteiger partial charge in [-0.2, -0.15) is 5.10 Å². The summed E-state index contributed by atoms with van der Waals surface area (Å²) >= 11 is 0. The maximum absolute atomic E-state index is 12.3. The van der Waals surface area contributed by atoms with Crippen LogP contribution in [0.1, 0.15) is 33.2 Å². The molecule has 0 saturated heterocycles. The zero-order valence-electron chi connectivity index (χ0n) is 13.8. The van der Waals surface area contributed by atoms with E-state index in [0.717, 1.165) is 6.42 Å². The van der Waals surface area contributed by atoms with Crippen LogP contribution >= 0.6 is 0 Å². The highest BCUT2D eigenvalue weighted by Crippen LogP contribution is 2.27. The molecule has 1 amide bonds. The minimum absolute atomic E-state index is 0.0561. The first kappa shape index (κ1) is 17.5. The summed E-state index contributed by atoms with van der Waals surface area (Å²) in [6.07, 6.45) is 1.58. The van der Waals surface area contributed by atoms with Crippen LogP contribution in [0.3, 0.4) is 0 Å². The van der Waals surface area contributed by atoms with Crippen LogP contribution in [0.4, 0.5) is 11.5 Å². The minimum Gasteiger partial charge on any atom is -0.474 e. The zero-order chi connectivity index (χ0) is 17.7. The Morgan fingerprint density at radius 1 is 1.38 bits per heavy atom. The summed E-state index contributed by atoms with van der Waals surface area (Å²) in [5.74, 6) is 0.214. The molecular weight excluding hydrogens is 312 g/mol. The van der Waals surface area contributed by atoms with Crippen molar-refractivity contribution in [2.45, 2.75) is 39.3 Å². The number of anilines is 1. The third-order valence-corrected chi connectivity index (χ3v) is 3.66. The molecule has 1 heterocycles. The molecule has 1 aromatic heterocycles. The highest BCUT2D eigenvalue weighted by molar-refractivity contribution is 5.93. The van der Waals surface area contributed by atoms with Crippen LogP contribution in [0.2, 0.25) is 0 Å². The molecule has 2 aromatic rings. The predicted molar refractivity (Wildman–Crippen MR) is 89.0 cm³/mol. The number of nitrogens with one attached hydrogen (secondary N) is 1. The number of carbonyl (C=O) groups is 1. The zero-order valence-corrected chi connectivity index (χ0v) is 13.8. The first-order valence-electron chi connectivity index (χ1n) is 7.68. The highest BCUT2D eigenvalue weighted by atomic mass is 16.6. The molecule has 0 spiro atoms. The molecule has 8 heteroatoms. The second-order valence-electron chi connectivity index (χ2n) is 5.39. The van der Waals surface area contributed by atoms with Crippen LogP contribution in [0.25, 0.3) is 0 Å². The Kier molecular flexibility index (Phi) is 5.51. The summed E-state index contributed by atoms with van der Waals surface area (Å²) in [7, 11) is 0. The van der Waals surface area contributed by atoms with Crippen LogP contribution in [0, 0.1) is 10.1 Å². The summed E-state index contributed by atoms with van der Waals surface area (Å²) in [6.45, 7) is 5.56. The average Bonchev–Trinajstić information content (AvgIpc) is 3.02. The van der Waals surface area contributed by atoms with Crippen LogP contribution in [-0.2, 0) is 4.79 Å². The summed E-state index contributed by atoms with van der Waals surface area (Å²) in [5, 5.41) is 17.9. The number of benzene rings is 1. The van der Waals surface area contributed by atoms with Crippen molar-refractivity contribution in [2.24, 2.45) is 0 Å². The standard InChI is InChI=1S/C16H20N4O4/c1-4-11(2)19-15(9-10-17-19)18-16(21)12(3)24-14-8-6-5-7-13(14)20(22)23/h5-12H,4H2,1-3H3,(H,18,21)/t11-,12-/m0/s1. The Labute approximate surface area is 139 Å². The van der Waals surface area contributed by atoms with E-state index in [4.69, 9.17) is 4.74 Å². The van der Waals surface area contributed by atoms with Crippen molar-refractivity contribution in [1.82, 2.24) is 9.78 Å². The number of nitrogens with zero attached hydrogens (tertiary/aromatic N) is 3. The predicted octanol–water partition coefficient (Wildman–Crippen LogP) is 3.17. The minimum atomic E-state index is -0.897. The van der Waals surface area contributed by atoms with Crippen LogP contribution < -0.4 is 10.1 Å². The molecule has 1 aromatic carbocycles. The van der Waals surface area contributed by atoms with Gasteiger partial charge in [0.15, 0.2) is 11.9 Å². The number of para-hydroxylation sites is 2. The van der Waals surface area contributed by atoms with E-state index in [1.807, 2.05) is 13.8 Å². The first-order chi connectivity index (χ1) is 11.4. The smallest absolute Gasteiger partial charge is 0.310 e. The molecule has 24 heavy (non-hydrogen) atoms. The van der Waals surface area contributed by atoms with Gasteiger partial charge < -0.3 is 10.1 Å². The lowest BCUT2D eigenvalue weighted by Gasteiger charge is -2.17. The first-order valence-corrected chi connectivity index (χ1v) is 7.68. The molecule has 0 fully saturated rings. The van der Waals surface area contributed by atoms with E-state index in [1.54, 1.807) is 29.1 Å². The van der Waals surface area contributed by atoms with Gasteiger partial charge in [0.25, 0.3) is 5.91 Å². The monoisotopic (exact) mass is 332 g/mol. The molecule has 0 unspecified atom stereocenters. The number of ether oxygens (including phenoxy) is 1. The van der Waals surface area contributed by atoms with Crippen LogP contribution in [-0.4, -0.2) is 26.7 Å². The van der Waals surface area contributed by atoms with Gasteiger partial charge >= 0.3 is 5.69 Å². The van der Waals surface area contributed by atoms with Gasteiger partial charge in [0, 0.05) is 12.1 Å². The molecule has 0 aliphatic heterocycles. The van der Waals surface area contributed by atoms with E-state index in [1.165, 1.54) is 19.1 Å². The molecule has 0 radical (unpaired) electrons. The largest absolute Gasteiger partial charge is 0.474 e. The topological polar surface area (TPSA) is 99.3 Å². The quantitative estimate of drug-likeness (QED) is 0.620. The third kappa shape index (κ3) is 3.89. The highest BCUT2D eigenvalue weighted by Gasteiger charge is 2.22. The fraction of sp³-hybridized carbons (Fsp3) is 0.375. The van der Waals surface area contributed by atoms with E-state index < -0.39 is 16.9 Å². The van der Waals surface area contributed by atoms with Gasteiger partial charge in [-0.3, -0.25) is 14.9 Å². The Hall–Kier alpha value is -2.90. The molecule has 0 aliphatic carbocycles. The molecule has 2 rings (SSSR count). The Morgan fingerprint density at radius 3 is 2.75 bits per heavy atom. The van der Waals surface area contributed by atoms with Crippen molar-refractivity contribution in [3.8, 4) is 5.75 Å². The van der Waals surface area contributed by atoms with Crippen LogP contribution in [0.15, 0.2) is 36.5 Å². The number of aromatic nitrogens is 2. The van der Waals surface area contributed by atoms with E-state index in [9.17, 15) is 14.9 Å². The van der Waals surface area contributed by atoms with Crippen molar-refractivity contribution in [2.75, 3.05) is 5.32 Å². The normalized spacial score (nSPS) is 13.1. The van der Waals surface area contributed by atoms with Gasteiger partial charge in [-0.25, -0.2) is 4.68 Å². The summed E-state index contributed by atoms with van der Waals surface area (Å²) in [4.78, 5) is 22.8. The summed E-state index contributed by atoms with van der Waals surface area (Å²) in [6, 6.07) is 7.79. The van der Waals surface area contributed by atoms with E-state index >= 15 is 0 Å².